The maximum atomic E-state index is 2.45. The highest BCUT2D eigenvalue weighted by molar-refractivity contribution is 5.56. The summed E-state index contributed by atoms with van der Waals surface area (Å²) in [7, 11) is 0. The zero-order valence-corrected chi connectivity index (χ0v) is 13.9. The van der Waals surface area contributed by atoms with Crippen molar-refractivity contribution in [3.8, 4) is 0 Å². The van der Waals surface area contributed by atoms with E-state index in [1.54, 1.807) is 0 Å². The van der Waals surface area contributed by atoms with Crippen LogP contribution in [0.15, 0.2) is 47.6 Å². The van der Waals surface area contributed by atoms with Crippen molar-refractivity contribution < 1.29 is 0 Å². The van der Waals surface area contributed by atoms with Crippen molar-refractivity contribution in [1.82, 2.24) is 0 Å². The first-order chi connectivity index (χ1) is 9.70. The van der Waals surface area contributed by atoms with Gasteiger partial charge in [-0.25, -0.2) is 0 Å². The van der Waals surface area contributed by atoms with E-state index in [1.807, 2.05) is 13.8 Å². The summed E-state index contributed by atoms with van der Waals surface area (Å²) < 4.78 is 0. The fourth-order valence-corrected chi connectivity index (χ4v) is 2.73. The van der Waals surface area contributed by atoms with E-state index in [9.17, 15) is 0 Å². The fraction of sp³-hybridized carbons (Fsp3) is 0.550. The van der Waals surface area contributed by atoms with Crippen LogP contribution in [-0.2, 0) is 0 Å². The molecule has 111 valence electrons. The highest BCUT2D eigenvalue weighted by atomic mass is 14.2. The van der Waals surface area contributed by atoms with Crippen LogP contribution in [0.25, 0.3) is 0 Å². The Morgan fingerprint density at radius 2 is 1.85 bits per heavy atom. The van der Waals surface area contributed by atoms with Crippen LogP contribution in [0.2, 0.25) is 0 Å². The Morgan fingerprint density at radius 3 is 2.55 bits per heavy atom. The molecule has 0 aromatic heterocycles. The number of rotatable bonds is 5. The first kappa shape index (κ1) is 17.0. The Kier molecular flexibility index (Phi) is 7.65. The summed E-state index contributed by atoms with van der Waals surface area (Å²) in [5.74, 6) is 2.77. The largest absolute Gasteiger partial charge is 0.0801 e. The van der Waals surface area contributed by atoms with Gasteiger partial charge in [-0.15, -0.1) is 0 Å². The van der Waals surface area contributed by atoms with Crippen molar-refractivity contribution in [2.45, 2.75) is 60.3 Å². The van der Waals surface area contributed by atoms with E-state index in [1.165, 1.54) is 42.7 Å². The van der Waals surface area contributed by atoms with Crippen molar-refractivity contribution in [2.24, 2.45) is 11.8 Å². The van der Waals surface area contributed by atoms with E-state index in [-0.39, 0.29) is 0 Å². The molecule has 2 unspecified atom stereocenters. The lowest BCUT2D eigenvalue weighted by Gasteiger charge is -2.26. The lowest BCUT2D eigenvalue weighted by atomic mass is 9.79. The molecule has 0 fully saturated rings. The molecule has 0 saturated carbocycles. The molecule has 0 N–H and O–H groups in total. The molecule has 20 heavy (non-hydrogen) atoms. The fourth-order valence-electron chi connectivity index (χ4n) is 2.73. The van der Waals surface area contributed by atoms with Crippen LogP contribution in [0.1, 0.15) is 60.3 Å². The minimum atomic E-state index is 0.622. The Morgan fingerprint density at radius 1 is 1.10 bits per heavy atom. The van der Waals surface area contributed by atoms with Gasteiger partial charge in [-0.05, 0) is 30.8 Å². The molecule has 2 aliphatic carbocycles. The van der Waals surface area contributed by atoms with Gasteiger partial charge in [0.1, 0.15) is 0 Å². The van der Waals surface area contributed by atoms with Crippen LogP contribution in [0.5, 0.6) is 0 Å². The topological polar surface area (TPSA) is 0 Å². The molecule has 0 saturated heterocycles. The number of hydrogen-bond acceptors (Lipinski definition) is 0. The van der Waals surface area contributed by atoms with E-state index < -0.39 is 0 Å². The van der Waals surface area contributed by atoms with Crippen LogP contribution in [0, 0.1) is 17.8 Å². The molecule has 2 atom stereocenters. The van der Waals surface area contributed by atoms with Crippen LogP contribution in [0.3, 0.4) is 0 Å². The molecule has 0 heterocycles. The lowest BCUT2D eigenvalue weighted by molar-refractivity contribution is 0.434. The quantitative estimate of drug-likeness (QED) is 0.505. The maximum Gasteiger partial charge on any atom is 0.0481 e. The average Bonchev–Trinajstić information content (AvgIpc) is 2.49. The Bertz CT molecular complexity index is 392. The van der Waals surface area contributed by atoms with Crippen LogP contribution in [0.4, 0.5) is 0 Å². The summed E-state index contributed by atoms with van der Waals surface area (Å²) in [5, 5.41) is 0. The molecule has 2 rings (SSSR count). The van der Waals surface area contributed by atoms with Crippen LogP contribution < -0.4 is 0 Å². The van der Waals surface area contributed by atoms with Crippen molar-refractivity contribution in [1.29, 1.82) is 0 Å². The van der Waals surface area contributed by atoms with Gasteiger partial charge >= 0.3 is 0 Å². The van der Waals surface area contributed by atoms with E-state index in [0.717, 1.165) is 5.92 Å². The van der Waals surface area contributed by atoms with Gasteiger partial charge in [-0.2, -0.15) is 0 Å². The monoisotopic (exact) mass is 271 g/mol. The number of allylic oxidation sites excluding steroid dienone is 8. The van der Waals surface area contributed by atoms with Gasteiger partial charge in [-0.1, -0.05) is 89.0 Å². The molecule has 0 aromatic rings. The minimum Gasteiger partial charge on any atom is -0.0801 e. The third-order valence-corrected chi connectivity index (χ3v) is 4.03. The summed E-state index contributed by atoms with van der Waals surface area (Å²) in [5.41, 5.74) is 2.76. The minimum absolute atomic E-state index is 0.622. The molecule has 0 amide bonds. The van der Waals surface area contributed by atoms with Crippen LogP contribution >= 0.6 is 0 Å². The molecule has 1 radical (unpaired) electrons. The summed E-state index contributed by atoms with van der Waals surface area (Å²) >= 11 is 0. The molecule has 0 heteroatoms. The lowest BCUT2D eigenvalue weighted by Crippen LogP contribution is -2.13. The van der Waals surface area contributed by atoms with Crippen molar-refractivity contribution in [2.75, 3.05) is 0 Å². The summed E-state index contributed by atoms with van der Waals surface area (Å²) in [6, 6.07) is 0. The summed E-state index contributed by atoms with van der Waals surface area (Å²) in [6.45, 7) is 10.8. The zero-order chi connectivity index (χ0) is 15.0. The normalized spacial score (nSPS) is 22.4. The Hall–Kier alpha value is -1.04. The van der Waals surface area contributed by atoms with Gasteiger partial charge in [0.2, 0.25) is 0 Å². The van der Waals surface area contributed by atoms with Gasteiger partial charge in [0.25, 0.3) is 0 Å². The predicted molar refractivity (Wildman–Crippen MR) is 91.5 cm³/mol. The third-order valence-electron chi connectivity index (χ3n) is 4.03. The molecule has 0 bridgehead atoms. The second-order valence-corrected chi connectivity index (χ2v) is 5.71. The molecule has 0 spiro atoms. The Labute approximate surface area is 126 Å². The second-order valence-electron chi connectivity index (χ2n) is 5.71. The second kappa shape index (κ2) is 9.00. The molecule has 0 aromatic carbocycles. The van der Waals surface area contributed by atoms with Gasteiger partial charge < -0.3 is 0 Å². The van der Waals surface area contributed by atoms with E-state index in [0.29, 0.717) is 5.92 Å². The van der Waals surface area contributed by atoms with Gasteiger partial charge in [0.05, 0.1) is 0 Å². The molecule has 0 aliphatic heterocycles. The van der Waals surface area contributed by atoms with E-state index in [4.69, 9.17) is 0 Å². The molecule has 0 nitrogen and oxygen atoms in total. The van der Waals surface area contributed by atoms with Gasteiger partial charge in [0, 0.05) is 5.92 Å². The SMILES string of the molecule is CC.CCCCCC(C)C1C=C[C]2C=C(C)C=CC2=C1. The van der Waals surface area contributed by atoms with Gasteiger partial charge in [-0.3, -0.25) is 0 Å². The highest BCUT2D eigenvalue weighted by Gasteiger charge is 2.20. The van der Waals surface area contributed by atoms with E-state index in [2.05, 4.69) is 57.2 Å². The first-order valence-electron chi connectivity index (χ1n) is 8.34. The van der Waals surface area contributed by atoms with Gasteiger partial charge in [0.15, 0.2) is 0 Å². The standard InChI is InChI=1S/C18H25.C2H6/c1-4-5-6-7-15(3)16-10-11-17-12-14(2)8-9-18(17)13-16;1-2/h8-13,15-16H,4-7H2,1-3H3;1-2H3. The molecular weight excluding hydrogens is 240 g/mol. The average molecular weight is 271 g/mol. The highest BCUT2D eigenvalue weighted by Crippen LogP contribution is 2.34. The van der Waals surface area contributed by atoms with Crippen molar-refractivity contribution in [3.05, 3.63) is 53.5 Å². The summed E-state index contributed by atoms with van der Waals surface area (Å²) in [4.78, 5) is 0. The Balaban J connectivity index is 0.000000956. The predicted octanol–water partition coefficient (Wildman–Crippen LogP) is 6.43. The molecule has 2 aliphatic rings. The number of unbranched alkanes of at least 4 members (excludes halogenated alkanes) is 2. The first-order valence-corrected chi connectivity index (χ1v) is 8.34. The maximum absolute atomic E-state index is 2.45. The van der Waals surface area contributed by atoms with Crippen molar-refractivity contribution in [3.63, 3.8) is 0 Å². The number of fused-ring (bicyclic) bond motifs is 1. The summed E-state index contributed by atoms with van der Waals surface area (Å²) in [6.07, 6.45) is 19.3. The molecular formula is C20H31. The van der Waals surface area contributed by atoms with Crippen LogP contribution in [-0.4, -0.2) is 0 Å². The number of hydrogen-bond donors (Lipinski definition) is 0. The van der Waals surface area contributed by atoms with E-state index >= 15 is 0 Å². The third kappa shape index (κ3) is 4.81. The smallest absolute Gasteiger partial charge is 0.0481 e. The van der Waals surface area contributed by atoms with Crippen molar-refractivity contribution >= 4 is 0 Å². The zero-order valence-electron chi connectivity index (χ0n) is 13.9.